The van der Waals surface area contributed by atoms with Crippen molar-refractivity contribution in [1.29, 1.82) is 0 Å². The molecule has 1 atom stereocenters. The number of nitrogens with one attached hydrogen (secondary N) is 1. The number of alkyl halides is 3. The number of carboxylic acid groups (broad SMARTS) is 1. The summed E-state index contributed by atoms with van der Waals surface area (Å²) in [6.07, 6.45) is -4.07. The van der Waals surface area contributed by atoms with Crippen molar-refractivity contribution < 1.29 is 32.6 Å². The molecule has 1 aromatic heterocycles. The van der Waals surface area contributed by atoms with Gasteiger partial charge >= 0.3 is 12.1 Å². The number of anilines is 1. The number of hydrogen-bond acceptors (Lipinski definition) is 5. The molecule has 0 spiro atoms. The molecule has 2 heterocycles. The van der Waals surface area contributed by atoms with Crippen molar-refractivity contribution in [2.24, 2.45) is 0 Å². The van der Waals surface area contributed by atoms with Gasteiger partial charge in [0, 0.05) is 22.7 Å². The Morgan fingerprint density at radius 1 is 1.17 bits per heavy atom. The number of ether oxygens (including phenoxy) is 1. The molecule has 2 N–H and O–H groups in total. The molecule has 6 nitrogen and oxygen atoms in total. The Labute approximate surface area is 216 Å². The third-order valence-electron chi connectivity index (χ3n) is 5.78. The lowest BCUT2D eigenvalue weighted by Crippen LogP contribution is -2.40. The van der Waals surface area contributed by atoms with Gasteiger partial charge in [-0.15, -0.1) is 23.7 Å². The first-order chi connectivity index (χ1) is 16.7. The Hall–Kier alpha value is -3.08. The van der Waals surface area contributed by atoms with E-state index in [0.29, 0.717) is 46.2 Å². The monoisotopic (exact) mass is 540 g/mol. The van der Waals surface area contributed by atoms with Crippen molar-refractivity contribution in [2.75, 3.05) is 18.5 Å². The van der Waals surface area contributed by atoms with Crippen LogP contribution in [0.3, 0.4) is 0 Å². The van der Waals surface area contributed by atoms with E-state index >= 15 is 0 Å². The fourth-order valence-corrected chi connectivity index (χ4v) is 4.99. The summed E-state index contributed by atoms with van der Waals surface area (Å²) in [4.78, 5) is 25.2. The number of hydrogen-bond donors (Lipinski definition) is 2. The highest BCUT2D eigenvalue weighted by Gasteiger charge is 2.36. The molecule has 0 saturated heterocycles. The normalized spacial score (nSPS) is 13.6. The van der Waals surface area contributed by atoms with Crippen molar-refractivity contribution in [1.82, 2.24) is 5.32 Å². The van der Waals surface area contributed by atoms with Crippen LogP contribution < -0.4 is 15.0 Å². The number of halogens is 4. The lowest BCUT2D eigenvalue weighted by Gasteiger charge is -2.20. The second kappa shape index (κ2) is 11.3. The Morgan fingerprint density at radius 3 is 2.53 bits per heavy atom. The van der Waals surface area contributed by atoms with E-state index < -0.39 is 23.1 Å². The van der Waals surface area contributed by atoms with Gasteiger partial charge in [-0.25, -0.2) is 0 Å². The summed E-state index contributed by atoms with van der Waals surface area (Å²) in [7, 11) is 1.49. The molecule has 0 unspecified atom stereocenters. The molecule has 4 rings (SSSR count). The molecular weight excluding hydrogens is 517 g/mol. The number of thiophene rings is 1. The summed E-state index contributed by atoms with van der Waals surface area (Å²) < 4.78 is 46.6. The van der Waals surface area contributed by atoms with Gasteiger partial charge in [-0.2, -0.15) is 13.2 Å². The summed E-state index contributed by atoms with van der Waals surface area (Å²) in [6, 6.07) is 14.1. The summed E-state index contributed by atoms with van der Waals surface area (Å²) in [5.74, 6) is -0.910. The Morgan fingerprint density at radius 2 is 1.89 bits per heavy atom. The van der Waals surface area contributed by atoms with E-state index in [4.69, 9.17) is 9.84 Å². The minimum Gasteiger partial charge on any atom is -0.488 e. The van der Waals surface area contributed by atoms with Crippen LogP contribution in [0.4, 0.5) is 18.9 Å². The van der Waals surface area contributed by atoms with Gasteiger partial charge in [0.25, 0.3) is 0 Å². The Kier molecular flexibility index (Phi) is 8.65. The van der Waals surface area contributed by atoms with Crippen molar-refractivity contribution in [3.05, 3.63) is 69.9 Å². The van der Waals surface area contributed by atoms with Crippen LogP contribution in [0.2, 0.25) is 0 Å². The summed E-state index contributed by atoms with van der Waals surface area (Å²) in [5.41, 5.74) is 2.17. The zero-order valence-corrected chi connectivity index (χ0v) is 20.8. The van der Waals surface area contributed by atoms with Crippen LogP contribution in [0.15, 0.2) is 54.6 Å². The number of carboxylic acids is 1. The van der Waals surface area contributed by atoms with E-state index in [9.17, 15) is 22.8 Å². The van der Waals surface area contributed by atoms with Gasteiger partial charge in [0.15, 0.2) is 0 Å². The SMILES string of the molecule is CN[C@H](CC(=O)N1CCc2cc(OCc3cc(-c4ccccc4)c(C(F)(F)F)s3)ccc21)C(=O)O.Cl. The zero-order chi connectivity index (χ0) is 25.2. The predicted molar refractivity (Wildman–Crippen MR) is 134 cm³/mol. The van der Waals surface area contributed by atoms with E-state index in [1.807, 2.05) is 0 Å². The number of amides is 1. The maximum Gasteiger partial charge on any atom is 0.426 e. The molecule has 0 radical (unpaired) electrons. The van der Waals surface area contributed by atoms with Gasteiger partial charge < -0.3 is 20.1 Å². The average Bonchev–Trinajstić information content (AvgIpc) is 3.45. The smallest absolute Gasteiger partial charge is 0.426 e. The quantitative estimate of drug-likeness (QED) is 0.401. The standard InChI is InChI=1S/C25H23F3N2O4S.ClH/c1-29-20(24(32)33)13-22(31)30-10-9-16-11-17(7-8-21(16)30)34-14-18-12-19(15-5-3-2-4-6-15)23(35-18)25(26,27)28;/h2-8,11-12,20,29H,9-10,13-14H2,1H3,(H,32,33);1H/t20-;/m1./s1. The predicted octanol–water partition coefficient (Wildman–Crippen LogP) is 5.39. The van der Waals surface area contributed by atoms with Crippen LogP contribution in [0.25, 0.3) is 11.1 Å². The number of rotatable bonds is 8. The summed E-state index contributed by atoms with van der Waals surface area (Å²) >= 11 is 0.664. The minimum atomic E-state index is -4.47. The van der Waals surface area contributed by atoms with Gasteiger partial charge in [0.1, 0.15) is 23.3 Å². The van der Waals surface area contributed by atoms with Crippen molar-refractivity contribution in [2.45, 2.75) is 31.7 Å². The molecule has 0 saturated carbocycles. The van der Waals surface area contributed by atoms with Gasteiger partial charge in [-0.3, -0.25) is 9.59 Å². The molecule has 0 fully saturated rings. The number of nitrogens with zero attached hydrogens (tertiary/aromatic N) is 1. The number of aliphatic carboxylic acids is 1. The number of fused-ring (bicyclic) bond motifs is 1. The first kappa shape index (κ1) is 27.5. The van der Waals surface area contributed by atoms with Crippen LogP contribution in [-0.4, -0.2) is 36.6 Å². The molecule has 0 aliphatic carbocycles. The maximum absolute atomic E-state index is 13.6. The van der Waals surface area contributed by atoms with Crippen LogP contribution in [0, 0.1) is 0 Å². The van der Waals surface area contributed by atoms with E-state index in [0.717, 1.165) is 5.56 Å². The van der Waals surface area contributed by atoms with Crippen molar-refractivity contribution in [3.63, 3.8) is 0 Å². The minimum absolute atomic E-state index is 0. The number of likely N-dealkylation sites (N-methyl/N-ethyl adjacent to an activating group) is 1. The second-order valence-electron chi connectivity index (χ2n) is 8.08. The lowest BCUT2D eigenvalue weighted by atomic mass is 10.1. The topological polar surface area (TPSA) is 78.9 Å². The highest BCUT2D eigenvalue weighted by atomic mass is 35.5. The fraction of sp³-hybridized carbons (Fsp3) is 0.280. The van der Waals surface area contributed by atoms with Crippen LogP contribution >= 0.6 is 23.7 Å². The molecule has 1 aliphatic heterocycles. The number of carbonyl (C=O) groups is 2. The van der Waals surface area contributed by atoms with E-state index in [1.54, 1.807) is 53.4 Å². The lowest BCUT2D eigenvalue weighted by molar-refractivity contribution is -0.141. The first-order valence-corrected chi connectivity index (χ1v) is 11.7. The summed E-state index contributed by atoms with van der Waals surface area (Å²) in [5, 5.41) is 11.8. The highest BCUT2D eigenvalue weighted by molar-refractivity contribution is 7.12. The average molecular weight is 541 g/mol. The Bertz CT molecular complexity index is 1230. The molecular formula is C25H24ClF3N2O4S. The van der Waals surface area contributed by atoms with Gasteiger partial charge in [-0.05, 0) is 48.9 Å². The van der Waals surface area contributed by atoms with E-state index in [-0.39, 0.29) is 36.9 Å². The molecule has 36 heavy (non-hydrogen) atoms. The van der Waals surface area contributed by atoms with E-state index in [1.165, 1.54) is 13.1 Å². The largest absolute Gasteiger partial charge is 0.488 e. The number of benzene rings is 2. The van der Waals surface area contributed by atoms with Gasteiger partial charge in [-0.1, -0.05) is 30.3 Å². The van der Waals surface area contributed by atoms with Gasteiger partial charge in [0.05, 0.1) is 6.42 Å². The third kappa shape index (κ3) is 6.00. The molecule has 0 bridgehead atoms. The molecule has 2 aromatic carbocycles. The molecule has 1 aliphatic rings. The molecule has 1 amide bonds. The molecule has 192 valence electrons. The fourth-order valence-electron chi connectivity index (χ4n) is 4.04. The molecule has 3 aromatic rings. The Balaban J connectivity index is 0.00000361. The van der Waals surface area contributed by atoms with Crippen molar-refractivity contribution in [3.8, 4) is 16.9 Å². The summed E-state index contributed by atoms with van der Waals surface area (Å²) in [6.45, 7) is 0.401. The van der Waals surface area contributed by atoms with Crippen LogP contribution in [0.1, 0.15) is 21.7 Å². The highest BCUT2D eigenvalue weighted by Crippen LogP contribution is 2.43. The van der Waals surface area contributed by atoms with Crippen LogP contribution in [0.5, 0.6) is 5.75 Å². The maximum atomic E-state index is 13.6. The first-order valence-electron chi connectivity index (χ1n) is 10.9. The number of carbonyl (C=O) groups excluding carboxylic acids is 1. The molecule has 11 heteroatoms. The van der Waals surface area contributed by atoms with E-state index in [2.05, 4.69) is 5.32 Å². The second-order valence-corrected chi connectivity index (χ2v) is 9.21. The van der Waals surface area contributed by atoms with Crippen molar-refractivity contribution >= 4 is 41.3 Å². The van der Waals surface area contributed by atoms with Crippen LogP contribution in [-0.2, 0) is 28.8 Å². The van der Waals surface area contributed by atoms with Gasteiger partial charge in [0.2, 0.25) is 5.91 Å². The third-order valence-corrected chi connectivity index (χ3v) is 6.93. The zero-order valence-electron chi connectivity index (χ0n) is 19.2.